The minimum atomic E-state index is -3.58. The van der Waals surface area contributed by atoms with Crippen LogP contribution < -0.4 is 0 Å². The molecule has 2 atom stereocenters. The smallest absolute Gasteiger partial charge is 0.254 e. The summed E-state index contributed by atoms with van der Waals surface area (Å²) in [6.45, 7) is 10.1. The van der Waals surface area contributed by atoms with Crippen molar-refractivity contribution < 1.29 is 18.0 Å². The first-order chi connectivity index (χ1) is 13.6. The average molecular weight is 424 g/mol. The first-order valence-electron chi connectivity index (χ1n) is 10.2. The highest BCUT2D eigenvalue weighted by molar-refractivity contribution is 7.89. The topological polar surface area (TPSA) is 78.0 Å². The third kappa shape index (κ3) is 5.57. The minimum absolute atomic E-state index is 0.00980. The van der Waals surface area contributed by atoms with E-state index >= 15 is 0 Å². The molecule has 162 valence electrons. The van der Waals surface area contributed by atoms with E-state index in [-0.39, 0.29) is 23.3 Å². The maximum atomic E-state index is 13.0. The SMILES string of the molecule is CCN(CC)C(=O)CN(C)C(=O)c1ccc(S(=O)(=O)N2C[C@H](C)C[C@H](C)C2)cc1. The Balaban J connectivity index is 2.10. The molecular weight excluding hydrogens is 390 g/mol. The average Bonchev–Trinajstić information content (AvgIpc) is 2.67. The summed E-state index contributed by atoms with van der Waals surface area (Å²) in [6, 6.07) is 5.99. The number of carbonyl (C=O) groups excluding carboxylic acids is 2. The Hall–Kier alpha value is -1.93. The van der Waals surface area contributed by atoms with E-state index in [1.807, 2.05) is 13.8 Å². The summed E-state index contributed by atoms with van der Waals surface area (Å²) in [4.78, 5) is 28.1. The number of piperidine rings is 1. The molecule has 1 aliphatic heterocycles. The largest absolute Gasteiger partial charge is 0.342 e. The van der Waals surface area contributed by atoms with Crippen LogP contribution in [-0.2, 0) is 14.8 Å². The van der Waals surface area contributed by atoms with Crippen LogP contribution in [0.1, 0.15) is 44.5 Å². The lowest BCUT2D eigenvalue weighted by Gasteiger charge is -2.34. The van der Waals surface area contributed by atoms with Gasteiger partial charge in [0.05, 0.1) is 11.4 Å². The van der Waals surface area contributed by atoms with Crippen LogP contribution in [0.4, 0.5) is 0 Å². The molecule has 0 aromatic heterocycles. The van der Waals surface area contributed by atoms with E-state index in [0.29, 0.717) is 43.6 Å². The van der Waals surface area contributed by atoms with Crippen molar-refractivity contribution in [3.8, 4) is 0 Å². The molecule has 0 bridgehead atoms. The van der Waals surface area contributed by atoms with Gasteiger partial charge in [-0.15, -0.1) is 0 Å². The molecule has 0 unspecified atom stereocenters. The molecule has 1 saturated heterocycles. The van der Waals surface area contributed by atoms with Gasteiger partial charge in [-0.25, -0.2) is 8.42 Å². The van der Waals surface area contributed by atoms with Gasteiger partial charge in [0.25, 0.3) is 5.91 Å². The number of benzene rings is 1. The molecule has 1 fully saturated rings. The zero-order valence-corrected chi connectivity index (χ0v) is 18.9. The van der Waals surface area contributed by atoms with Crippen LogP contribution in [0.3, 0.4) is 0 Å². The monoisotopic (exact) mass is 423 g/mol. The fourth-order valence-electron chi connectivity index (χ4n) is 3.89. The second-order valence-electron chi connectivity index (χ2n) is 8.02. The maximum Gasteiger partial charge on any atom is 0.254 e. The van der Waals surface area contributed by atoms with E-state index in [9.17, 15) is 18.0 Å². The van der Waals surface area contributed by atoms with Crippen LogP contribution in [0.25, 0.3) is 0 Å². The Morgan fingerprint density at radius 1 is 1.03 bits per heavy atom. The predicted molar refractivity (Wildman–Crippen MR) is 113 cm³/mol. The molecule has 0 aliphatic carbocycles. The maximum absolute atomic E-state index is 13.0. The number of hydrogen-bond donors (Lipinski definition) is 0. The summed E-state index contributed by atoms with van der Waals surface area (Å²) in [6.07, 6.45) is 1.03. The highest BCUT2D eigenvalue weighted by atomic mass is 32.2. The van der Waals surface area contributed by atoms with Gasteiger partial charge in [0, 0.05) is 38.8 Å². The Morgan fingerprint density at radius 3 is 2.03 bits per heavy atom. The third-order valence-electron chi connectivity index (χ3n) is 5.41. The van der Waals surface area contributed by atoms with E-state index < -0.39 is 10.0 Å². The Kier molecular flexibility index (Phi) is 7.82. The molecule has 1 aromatic carbocycles. The van der Waals surface area contributed by atoms with E-state index in [1.54, 1.807) is 11.9 Å². The second-order valence-corrected chi connectivity index (χ2v) is 9.96. The molecule has 1 heterocycles. The number of likely N-dealkylation sites (N-methyl/N-ethyl adjacent to an activating group) is 2. The van der Waals surface area contributed by atoms with Crippen LogP contribution in [0.2, 0.25) is 0 Å². The van der Waals surface area contributed by atoms with Crippen molar-refractivity contribution in [3.63, 3.8) is 0 Å². The fourth-order valence-corrected chi connectivity index (χ4v) is 5.57. The fraction of sp³-hybridized carbons (Fsp3) is 0.619. The summed E-state index contributed by atoms with van der Waals surface area (Å²) < 4.78 is 27.5. The highest BCUT2D eigenvalue weighted by Gasteiger charge is 2.31. The molecule has 1 aliphatic rings. The standard InChI is InChI=1S/C21H33N3O4S/c1-6-23(7-2)20(25)15-22(5)21(26)18-8-10-19(11-9-18)29(27,28)24-13-16(3)12-17(4)14-24/h8-11,16-17H,6-7,12-15H2,1-5H3/t16-,17+. The molecule has 7 nitrogen and oxygen atoms in total. The van der Waals surface area contributed by atoms with Crippen LogP contribution in [0.5, 0.6) is 0 Å². The number of amides is 2. The van der Waals surface area contributed by atoms with Crippen molar-refractivity contribution in [3.05, 3.63) is 29.8 Å². The van der Waals surface area contributed by atoms with Gasteiger partial charge in [-0.3, -0.25) is 9.59 Å². The van der Waals surface area contributed by atoms with Crippen LogP contribution in [0.15, 0.2) is 29.2 Å². The first-order valence-corrected chi connectivity index (χ1v) is 11.7. The van der Waals surface area contributed by atoms with Gasteiger partial charge in [-0.05, 0) is 56.4 Å². The molecule has 0 saturated carbocycles. The summed E-state index contributed by atoms with van der Waals surface area (Å²) in [7, 11) is -2.01. The van der Waals surface area contributed by atoms with E-state index in [0.717, 1.165) is 6.42 Å². The summed E-state index contributed by atoms with van der Waals surface area (Å²) >= 11 is 0. The van der Waals surface area contributed by atoms with E-state index in [2.05, 4.69) is 13.8 Å². The van der Waals surface area contributed by atoms with E-state index in [4.69, 9.17) is 0 Å². The van der Waals surface area contributed by atoms with Crippen molar-refractivity contribution in [2.75, 3.05) is 39.8 Å². The number of hydrogen-bond acceptors (Lipinski definition) is 4. The normalized spacial score (nSPS) is 20.3. The van der Waals surface area contributed by atoms with Crippen molar-refractivity contribution in [2.45, 2.75) is 39.0 Å². The van der Waals surface area contributed by atoms with Crippen LogP contribution >= 0.6 is 0 Å². The van der Waals surface area contributed by atoms with Crippen molar-refractivity contribution in [1.82, 2.24) is 14.1 Å². The molecule has 0 spiro atoms. The van der Waals surface area contributed by atoms with Gasteiger partial charge >= 0.3 is 0 Å². The highest BCUT2D eigenvalue weighted by Crippen LogP contribution is 2.26. The van der Waals surface area contributed by atoms with Gasteiger partial charge in [0.1, 0.15) is 0 Å². The molecule has 8 heteroatoms. The Bertz CT molecular complexity index is 809. The van der Waals surface area contributed by atoms with E-state index in [1.165, 1.54) is 33.5 Å². The Morgan fingerprint density at radius 2 is 1.55 bits per heavy atom. The second kappa shape index (κ2) is 9.71. The van der Waals surface area contributed by atoms with Crippen molar-refractivity contribution >= 4 is 21.8 Å². The number of sulfonamides is 1. The lowest BCUT2D eigenvalue weighted by atomic mass is 9.94. The third-order valence-corrected chi connectivity index (χ3v) is 7.26. The zero-order valence-electron chi connectivity index (χ0n) is 18.1. The molecule has 2 amide bonds. The molecule has 1 aromatic rings. The lowest BCUT2D eigenvalue weighted by molar-refractivity contribution is -0.131. The molecule has 2 rings (SSSR count). The van der Waals surface area contributed by atoms with Crippen LogP contribution in [0, 0.1) is 11.8 Å². The lowest BCUT2D eigenvalue weighted by Crippen LogP contribution is -2.42. The van der Waals surface area contributed by atoms with Gasteiger partial charge < -0.3 is 9.80 Å². The van der Waals surface area contributed by atoms with Crippen LogP contribution in [-0.4, -0.2) is 74.1 Å². The van der Waals surface area contributed by atoms with Crippen molar-refractivity contribution in [2.24, 2.45) is 11.8 Å². The number of nitrogens with zero attached hydrogens (tertiary/aromatic N) is 3. The summed E-state index contributed by atoms with van der Waals surface area (Å²) in [5.74, 6) is 0.228. The van der Waals surface area contributed by atoms with Gasteiger partial charge in [0.15, 0.2) is 0 Å². The number of carbonyl (C=O) groups is 2. The summed E-state index contributed by atoms with van der Waals surface area (Å²) in [5, 5.41) is 0. The zero-order chi connectivity index (χ0) is 21.8. The molecule has 0 N–H and O–H groups in total. The van der Waals surface area contributed by atoms with Gasteiger partial charge in [0.2, 0.25) is 15.9 Å². The Labute approximate surface area is 174 Å². The number of rotatable bonds is 7. The predicted octanol–water partition coefficient (Wildman–Crippen LogP) is 2.29. The quantitative estimate of drug-likeness (QED) is 0.674. The first kappa shape index (κ1) is 23.3. The summed E-state index contributed by atoms with van der Waals surface area (Å²) in [5.41, 5.74) is 0.360. The van der Waals surface area contributed by atoms with Gasteiger partial charge in [-0.2, -0.15) is 4.31 Å². The molecule has 0 radical (unpaired) electrons. The van der Waals surface area contributed by atoms with Gasteiger partial charge in [-0.1, -0.05) is 13.8 Å². The van der Waals surface area contributed by atoms with Crippen molar-refractivity contribution in [1.29, 1.82) is 0 Å². The molecular formula is C21H33N3O4S. The molecule has 29 heavy (non-hydrogen) atoms. The minimum Gasteiger partial charge on any atom is -0.342 e.